The van der Waals surface area contributed by atoms with Gasteiger partial charge in [-0.25, -0.2) is 0 Å². The molecule has 0 heterocycles. The lowest BCUT2D eigenvalue weighted by Crippen LogP contribution is -2.25. The molecule has 1 saturated carbocycles. The number of amides is 2. The average molecular weight is 390 g/mol. The van der Waals surface area contributed by atoms with Crippen molar-refractivity contribution >= 4 is 34.8 Å². The Bertz CT molecular complexity index is 881. The number of benzene rings is 2. The third-order valence-electron chi connectivity index (χ3n) is 3.83. The van der Waals surface area contributed by atoms with Gasteiger partial charge in [0.15, 0.2) is 6.61 Å². The molecule has 3 rings (SSSR count). The minimum absolute atomic E-state index is 0.0627. The molecule has 140 valence electrons. The SMILES string of the molecule is O=C(COc1ccc([N+](=O)[O-])cc1)Nc1ccc(C(=O)NC2CC2)c(Cl)c1. The van der Waals surface area contributed by atoms with E-state index in [1.54, 1.807) is 12.1 Å². The van der Waals surface area contributed by atoms with E-state index in [0.717, 1.165) is 12.8 Å². The van der Waals surface area contributed by atoms with Gasteiger partial charge in [0, 0.05) is 23.9 Å². The van der Waals surface area contributed by atoms with E-state index in [4.69, 9.17) is 16.3 Å². The van der Waals surface area contributed by atoms with E-state index in [1.165, 1.54) is 30.3 Å². The van der Waals surface area contributed by atoms with E-state index in [-0.39, 0.29) is 29.3 Å². The number of non-ortho nitro benzene ring substituents is 1. The molecule has 8 nitrogen and oxygen atoms in total. The first-order chi connectivity index (χ1) is 12.9. The number of nitro groups is 1. The van der Waals surface area contributed by atoms with E-state index in [2.05, 4.69) is 10.6 Å². The molecule has 0 spiro atoms. The molecule has 0 saturated heterocycles. The second-order valence-electron chi connectivity index (χ2n) is 6.03. The molecule has 2 N–H and O–H groups in total. The third-order valence-corrected chi connectivity index (χ3v) is 4.14. The fraction of sp³-hybridized carbons (Fsp3) is 0.222. The summed E-state index contributed by atoms with van der Waals surface area (Å²) in [5.74, 6) is -0.331. The van der Waals surface area contributed by atoms with Crippen molar-refractivity contribution in [3.63, 3.8) is 0 Å². The maximum absolute atomic E-state index is 12.0. The first kappa shape index (κ1) is 18.7. The van der Waals surface area contributed by atoms with Crippen LogP contribution in [0, 0.1) is 10.1 Å². The van der Waals surface area contributed by atoms with Crippen LogP contribution in [0.3, 0.4) is 0 Å². The number of rotatable bonds is 7. The van der Waals surface area contributed by atoms with Gasteiger partial charge >= 0.3 is 0 Å². The smallest absolute Gasteiger partial charge is 0.269 e. The average Bonchev–Trinajstić information content (AvgIpc) is 3.44. The van der Waals surface area contributed by atoms with Crippen molar-refractivity contribution in [2.24, 2.45) is 0 Å². The summed E-state index contributed by atoms with van der Waals surface area (Å²) >= 11 is 6.13. The van der Waals surface area contributed by atoms with Crippen molar-refractivity contribution in [2.75, 3.05) is 11.9 Å². The maximum atomic E-state index is 12.0. The minimum atomic E-state index is -0.519. The van der Waals surface area contributed by atoms with Crippen LogP contribution >= 0.6 is 11.6 Å². The van der Waals surface area contributed by atoms with Crippen molar-refractivity contribution in [1.82, 2.24) is 5.32 Å². The zero-order chi connectivity index (χ0) is 19.4. The van der Waals surface area contributed by atoms with Crippen molar-refractivity contribution in [1.29, 1.82) is 0 Å². The quantitative estimate of drug-likeness (QED) is 0.558. The van der Waals surface area contributed by atoms with Crippen molar-refractivity contribution in [3.05, 3.63) is 63.2 Å². The van der Waals surface area contributed by atoms with Gasteiger partial charge in [0.05, 0.1) is 15.5 Å². The molecule has 2 aromatic carbocycles. The largest absolute Gasteiger partial charge is 0.484 e. The van der Waals surface area contributed by atoms with Gasteiger partial charge < -0.3 is 15.4 Å². The van der Waals surface area contributed by atoms with Gasteiger partial charge in [-0.3, -0.25) is 19.7 Å². The molecular formula is C18H16ClN3O5. The summed E-state index contributed by atoms with van der Waals surface area (Å²) in [6.07, 6.45) is 1.96. The molecule has 2 amide bonds. The van der Waals surface area contributed by atoms with E-state index in [0.29, 0.717) is 17.0 Å². The standard InChI is InChI=1S/C18H16ClN3O5/c19-16-9-12(3-8-15(16)18(24)21-11-1-2-11)20-17(23)10-27-14-6-4-13(5-7-14)22(25)26/h3-9,11H,1-2,10H2,(H,20,23)(H,21,24). The van der Waals surface area contributed by atoms with Crippen LogP contribution in [0.4, 0.5) is 11.4 Å². The molecule has 0 unspecified atom stereocenters. The van der Waals surface area contributed by atoms with Gasteiger partial charge in [-0.2, -0.15) is 0 Å². The monoisotopic (exact) mass is 389 g/mol. The van der Waals surface area contributed by atoms with Crippen LogP contribution in [-0.2, 0) is 4.79 Å². The highest BCUT2D eigenvalue weighted by atomic mass is 35.5. The van der Waals surface area contributed by atoms with Gasteiger partial charge in [-0.1, -0.05) is 11.6 Å². The van der Waals surface area contributed by atoms with Gasteiger partial charge in [-0.05, 0) is 43.2 Å². The van der Waals surface area contributed by atoms with Gasteiger partial charge in [0.25, 0.3) is 17.5 Å². The Morgan fingerprint density at radius 3 is 2.48 bits per heavy atom. The predicted octanol–water partition coefficient (Wildman–Crippen LogP) is 3.16. The number of halogens is 1. The Hall–Kier alpha value is -3.13. The highest BCUT2D eigenvalue weighted by Gasteiger charge is 2.24. The molecule has 0 atom stereocenters. The molecule has 2 aromatic rings. The van der Waals surface area contributed by atoms with E-state index in [9.17, 15) is 19.7 Å². The number of hydrogen-bond acceptors (Lipinski definition) is 5. The van der Waals surface area contributed by atoms with Crippen LogP contribution in [0.5, 0.6) is 5.75 Å². The highest BCUT2D eigenvalue weighted by molar-refractivity contribution is 6.34. The minimum Gasteiger partial charge on any atom is -0.484 e. The summed E-state index contributed by atoms with van der Waals surface area (Å²) in [6.45, 7) is -0.278. The van der Waals surface area contributed by atoms with Gasteiger partial charge in [0.1, 0.15) is 5.75 Å². The lowest BCUT2D eigenvalue weighted by Gasteiger charge is -2.10. The molecule has 0 bridgehead atoms. The predicted molar refractivity (Wildman–Crippen MR) is 99.2 cm³/mol. The van der Waals surface area contributed by atoms with Crippen LogP contribution in [0.1, 0.15) is 23.2 Å². The summed E-state index contributed by atoms with van der Waals surface area (Å²) in [6, 6.07) is 10.3. The number of nitrogens with zero attached hydrogens (tertiary/aromatic N) is 1. The summed E-state index contributed by atoms with van der Waals surface area (Å²) in [5.41, 5.74) is 0.719. The summed E-state index contributed by atoms with van der Waals surface area (Å²) in [5, 5.41) is 16.3. The van der Waals surface area contributed by atoms with E-state index in [1.807, 2.05) is 0 Å². The summed E-state index contributed by atoms with van der Waals surface area (Å²) in [4.78, 5) is 34.1. The summed E-state index contributed by atoms with van der Waals surface area (Å²) in [7, 11) is 0. The number of anilines is 1. The normalized spacial score (nSPS) is 12.9. The third kappa shape index (κ3) is 5.18. The van der Waals surface area contributed by atoms with E-state index >= 15 is 0 Å². The van der Waals surface area contributed by atoms with Crippen LogP contribution in [0.2, 0.25) is 5.02 Å². The van der Waals surface area contributed by atoms with Crippen LogP contribution in [0.15, 0.2) is 42.5 Å². The Morgan fingerprint density at radius 2 is 1.89 bits per heavy atom. The van der Waals surface area contributed by atoms with Gasteiger partial charge in [0.2, 0.25) is 0 Å². The molecule has 1 fully saturated rings. The summed E-state index contributed by atoms with van der Waals surface area (Å²) < 4.78 is 5.29. The van der Waals surface area contributed by atoms with Crippen molar-refractivity contribution in [2.45, 2.75) is 18.9 Å². The van der Waals surface area contributed by atoms with Gasteiger partial charge in [-0.15, -0.1) is 0 Å². The Kier molecular flexibility index (Phi) is 5.56. The zero-order valence-corrected chi connectivity index (χ0v) is 14.9. The highest BCUT2D eigenvalue weighted by Crippen LogP contribution is 2.24. The number of nitrogens with one attached hydrogen (secondary N) is 2. The molecule has 9 heteroatoms. The first-order valence-corrected chi connectivity index (χ1v) is 8.57. The van der Waals surface area contributed by atoms with Crippen molar-refractivity contribution in [3.8, 4) is 5.75 Å². The number of ether oxygens (including phenoxy) is 1. The Labute approximate surface area is 159 Å². The van der Waals surface area contributed by atoms with Crippen LogP contribution in [0.25, 0.3) is 0 Å². The van der Waals surface area contributed by atoms with Crippen molar-refractivity contribution < 1.29 is 19.2 Å². The molecule has 1 aliphatic rings. The number of hydrogen-bond donors (Lipinski definition) is 2. The lowest BCUT2D eigenvalue weighted by atomic mass is 10.2. The number of carbonyl (C=O) groups is 2. The second kappa shape index (κ2) is 8.05. The first-order valence-electron chi connectivity index (χ1n) is 8.20. The van der Waals surface area contributed by atoms with Crippen LogP contribution < -0.4 is 15.4 Å². The fourth-order valence-electron chi connectivity index (χ4n) is 2.28. The molecule has 0 aliphatic heterocycles. The second-order valence-corrected chi connectivity index (χ2v) is 6.44. The number of carbonyl (C=O) groups excluding carboxylic acids is 2. The molecule has 1 aliphatic carbocycles. The molecule has 0 radical (unpaired) electrons. The molecular weight excluding hydrogens is 374 g/mol. The van der Waals surface area contributed by atoms with Crippen LogP contribution in [-0.4, -0.2) is 29.4 Å². The zero-order valence-electron chi connectivity index (χ0n) is 14.1. The number of nitro benzene ring substituents is 1. The Balaban J connectivity index is 1.53. The fourth-order valence-corrected chi connectivity index (χ4v) is 2.54. The topological polar surface area (TPSA) is 111 Å². The molecule has 0 aromatic heterocycles. The lowest BCUT2D eigenvalue weighted by molar-refractivity contribution is -0.384. The maximum Gasteiger partial charge on any atom is 0.269 e. The molecule has 27 heavy (non-hydrogen) atoms. The Morgan fingerprint density at radius 1 is 1.19 bits per heavy atom. The van der Waals surface area contributed by atoms with E-state index < -0.39 is 10.8 Å².